The molecule has 0 unspecified atom stereocenters. The van der Waals surface area contributed by atoms with E-state index in [-0.39, 0.29) is 0 Å². The maximum absolute atomic E-state index is 5.02. The first-order chi connectivity index (χ1) is 4.62. The zero-order valence-electron chi connectivity index (χ0n) is 7.53. The van der Waals surface area contributed by atoms with Crippen molar-refractivity contribution in [3.05, 3.63) is 0 Å². The van der Waals surface area contributed by atoms with Crippen molar-refractivity contribution in [1.82, 2.24) is 5.48 Å². The van der Waals surface area contributed by atoms with E-state index < -0.39 is 0 Å². The predicted octanol–water partition coefficient (Wildman–Crippen LogP) is 1.96. The first kappa shape index (κ1) is 9.92. The quantitative estimate of drug-likeness (QED) is 0.471. The van der Waals surface area contributed by atoms with Crippen molar-refractivity contribution in [2.45, 2.75) is 34.1 Å². The van der Waals surface area contributed by atoms with Crippen LogP contribution in [-0.4, -0.2) is 13.2 Å². The van der Waals surface area contributed by atoms with E-state index in [1.807, 2.05) is 6.92 Å². The second-order valence-electron chi connectivity index (χ2n) is 3.27. The Balaban J connectivity index is 3.28. The molecule has 0 heterocycles. The van der Waals surface area contributed by atoms with E-state index >= 15 is 0 Å². The van der Waals surface area contributed by atoms with Gasteiger partial charge in [-0.1, -0.05) is 20.8 Å². The van der Waals surface area contributed by atoms with Crippen LogP contribution in [0.25, 0.3) is 0 Å². The number of nitrogens with one attached hydrogen (secondary N) is 1. The third-order valence-corrected chi connectivity index (χ3v) is 1.75. The molecule has 0 atom stereocenters. The zero-order chi connectivity index (χ0) is 8.04. The van der Waals surface area contributed by atoms with Gasteiger partial charge in [0.1, 0.15) is 0 Å². The molecule has 0 rings (SSSR count). The van der Waals surface area contributed by atoms with Crippen molar-refractivity contribution < 1.29 is 4.84 Å². The highest BCUT2D eigenvalue weighted by Gasteiger charge is 2.13. The highest BCUT2D eigenvalue weighted by Crippen LogP contribution is 2.17. The molecule has 0 saturated carbocycles. The van der Waals surface area contributed by atoms with Gasteiger partial charge in [0.15, 0.2) is 0 Å². The van der Waals surface area contributed by atoms with Gasteiger partial charge in [-0.2, -0.15) is 0 Å². The molecule has 0 spiro atoms. The Morgan fingerprint density at radius 1 is 1.30 bits per heavy atom. The van der Waals surface area contributed by atoms with Crippen molar-refractivity contribution in [3.63, 3.8) is 0 Å². The summed E-state index contributed by atoms with van der Waals surface area (Å²) < 4.78 is 0. The number of hydrogen-bond acceptors (Lipinski definition) is 2. The smallest absolute Gasteiger partial charge is 0.0653 e. The molecular formula is C8H19NO. The van der Waals surface area contributed by atoms with E-state index in [4.69, 9.17) is 4.84 Å². The SMILES string of the molecule is CCONCC(C)(C)CC. The molecule has 2 heteroatoms. The minimum Gasteiger partial charge on any atom is -0.302 e. The van der Waals surface area contributed by atoms with Crippen LogP contribution in [0.2, 0.25) is 0 Å². The number of hydrogen-bond donors (Lipinski definition) is 1. The fraction of sp³-hybridized carbons (Fsp3) is 1.00. The van der Waals surface area contributed by atoms with Gasteiger partial charge >= 0.3 is 0 Å². The van der Waals surface area contributed by atoms with Crippen LogP contribution in [0.3, 0.4) is 0 Å². The Kier molecular flexibility index (Phi) is 4.65. The lowest BCUT2D eigenvalue weighted by Crippen LogP contribution is -2.28. The molecule has 0 aliphatic heterocycles. The minimum atomic E-state index is 0.356. The topological polar surface area (TPSA) is 21.3 Å². The summed E-state index contributed by atoms with van der Waals surface area (Å²) in [7, 11) is 0. The van der Waals surface area contributed by atoms with Crippen LogP contribution in [0.15, 0.2) is 0 Å². The van der Waals surface area contributed by atoms with Gasteiger partial charge in [0.25, 0.3) is 0 Å². The molecule has 1 N–H and O–H groups in total. The molecule has 0 aliphatic rings. The molecule has 0 amide bonds. The first-order valence-electron chi connectivity index (χ1n) is 3.97. The molecule has 2 nitrogen and oxygen atoms in total. The van der Waals surface area contributed by atoms with Gasteiger partial charge in [-0.15, -0.1) is 0 Å². The van der Waals surface area contributed by atoms with Gasteiger partial charge in [0.2, 0.25) is 0 Å². The molecule has 0 saturated heterocycles. The molecule has 0 radical (unpaired) electrons. The summed E-state index contributed by atoms with van der Waals surface area (Å²) in [6.07, 6.45) is 1.17. The van der Waals surface area contributed by atoms with Crippen molar-refractivity contribution in [1.29, 1.82) is 0 Å². The van der Waals surface area contributed by atoms with Crippen molar-refractivity contribution in [2.24, 2.45) is 5.41 Å². The van der Waals surface area contributed by atoms with E-state index in [0.717, 1.165) is 13.2 Å². The standard InChI is InChI=1S/C8H19NO/c1-5-8(3,4)7-9-10-6-2/h9H,5-7H2,1-4H3. The average molecular weight is 145 g/mol. The second-order valence-corrected chi connectivity index (χ2v) is 3.27. The van der Waals surface area contributed by atoms with Crippen LogP contribution in [0.5, 0.6) is 0 Å². The van der Waals surface area contributed by atoms with Gasteiger partial charge < -0.3 is 4.84 Å². The molecule has 0 aromatic rings. The molecule has 0 aliphatic carbocycles. The predicted molar refractivity (Wildman–Crippen MR) is 43.7 cm³/mol. The monoisotopic (exact) mass is 145 g/mol. The number of rotatable bonds is 5. The van der Waals surface area contributed by atoms with Gasteiger partial charge in [-0.3, -0.25) is 0 Å². The molecule has 0 fully saturated rings. The summed E-state index contributed by atoms with van der Waals surface area (Å²) in [5.74, 6) is 0. The van der Waals surface area contributed by atoms with E-state index in [1.165, 1.54) is 6.42 Å². The number of hydroxylamine groups is 1. The minimum absolute atomic E-state index is 0.356. The Morgan fingerprint density at radius 3 is 2.30 bits per heavy atom. The molecule has 0 aromatic heterocycles. The Hall–Kier alpha value is -0.0800. The molecule has 62 valence electrons. The summed E-state index contributed by atoms with van der Waals surface area (Å²) in [6, 6.07) is 0. The van der Waals surface area contributed by atoms with Crippen molar-refractivity contribution in [2.75, 3.05) is 13.2 Å². The summed E-state index contributed by atoms with van der Waals surface area (Å²) in [5.41, 5.74) is 3.28. The van der Waals surface area contributed by atoms with Crippen LogP contribution >= 0.6 is 0 Å². The lowest BCUT2D eigenvalue weighted by Gasteiger charge is -2.22. The Bertz CT molecular complexity index is 81.3. The summed E-state index contributed by atoms with van der Waals surface area (Å²) in [5, 5.41) is 0. The van der Waals surface area contributed by atoms with E-state index in [9.17, 15) is 0 Å². The largest absolute Gasteiger partial charge is 0.302 e. The van der Waals surface area contributed by atoms with Gasteiger partial charge in [0.05, 0.1) is 6.61 Å². The summed E-state index contributed by atoms with van der Waals surface area (Å²) in [4.78, 5) is 5.02. The lowest BCUT2D eigenvalue weighted by molar-refractivity contribution is 0.0290. The summed E-state index contributed by atoms with van der Waals surface area (Å²) in [6.45, 7) is 10.3. The van der Waals surface area contributed by atoms with Crippen molar-refractivity contribution >= 4 is 0 Å². The fourth-order valence-corrected chi connectivity index (χ4v) is 0.473. The maximum atomic E-state index is 5.02. The van der Waals surface area contributed by atoms with Crippen LogP contribution in [0, 0.1) is 5.41 Å². The van der Waals surface area contributed by atoms with E-state index in [0.29, 0.717) is 5.41 Å². The van der Waals surface area contributed by atoms with Crippen LogP contribution in [0.4, 0.5) is 0 Å². The van der Waals surface area contributed by atoms with Crippen LogP contribution < -0.4 is 5.48 Å². The second kappa shape index (κ2) is 4.69. The van der Waals surface area contributed by atoms with Gasteiger partial charge in [-0.05, 0) is 18.8 Å². The van der Waals surface area contributed by atoms with Gasteiger partial charge in [0, 0.05) is 6.54 Å². The highest BCUT2D eigenvalue weighted by atomic mass is 16.6. The third kappa shape index (κ3) is 4.77. The van der Waals surface area contributed by atoms with Crippen LogP contribution in [-0.2, 0) is 4.84 Å². The maximum Gasteiger partial charge on any atom is 0.0653 e. The Labute approximate surface area is 63.9 Å². The zero-order valence-corrected chi connectivity index (χ0v) is 7.53. The van der Waals surface area contributed by atoms with E-state index in [2.05, 4.69) is 26.3 Å². The Morgan fingerprint density at radius 2 is 1.90 bits per heavy atom. The first-order valence-corrected chi connectivity index (χ1v) is 3.97. The van der Waals surface area contributed by atoms with Crippen molar-refractivity contribution in [3.8, 4) is 0 Å². The fourth-order valence-electron chi connectivity index (χ4n) is 0.473. The lowest BCUT2D eigenvalue weighted by atomic mass is 9.91. The third-order valence-electron chi connectivity index (χ3n) is 1.75. The molecule has 0 aromatic carbocycles. The molecule has 10 heavy (non-hydrogen) atoms. The van der Waals surface area contributed by atoms with E-state index in [1.54, 1.807) is 0 Å². The highest BCUT2D eigenvalue weighted by molar-refractivity contribution is 4.66. The normalized spacial score (nSPS) is 12.0. The van der Waals surface area contributed by atoms with Gasteiger partial charge in [-0.25, -0.2) is 5.48 Å². The average Bonchev–Trinajstić information content (AvgIpc) is 1.89. The molecular weight excluding hydrogens is 126 g/mol. The van der Waals surface area contributed by atoms with Crippen LogP contribution in [0.1, 0.15) is 34.1 Å². The summed E-state index contributed by atoms with van der Waals surface area (Å²) >= 11 is 0. The molecule has 0 bridgehead atoms.